The number of phenolic OH excluding ortho intramolecular Hbond substituents is 1. The van der Waals surface area contributed by atoms with Crippen LogP contribution in [0, 0.1) is 0 Å². The molecule has 0 aliphatic carbocycles. The maximum absolute atomic E-state index is 8.63. The SMILES string of the molecule is Oc1ccccc1.P.[B].[B].[B].[Hf].[Zr].c1ccc([N-]c2ccccc2)cc1. The van der Waals surface area contributed by atoms with Crippen LogP contribution in [0.15, 0.2) is 91.0 Å². The van der Waals surface area contributed by atoms with Crippen molar-refractivity contribution in [3.05, 3.63) is 96.3 Å². The van der Waals surface area contributed by atoms with Crippen LogP contribution in [0.4, 0.5) is 11.4 Å². The van der Waals surface area contributed by atoms with Crippen molar-refractivity contribution in [2.24, 2.45) is 0 Å². The zero-order valence-electron chi connectivity index (χ0n) is 14.5. The molecule has 8 heteroatoms. The molecular weight excluding hydrogens is 579 g/mol. The second-order valence-electron chi connectivity index (χ2n) is 4.12. The summed E-state index contributed by atoms with van der Waals surface area (Å²) in [6.07, 6.45) is 0. The molecule has 125 valence electrons. The Labute approximate surface area is 204 Å². The van der Waals surface area contributed by atoms with E-state index in [0.717, 1.165) is 11.4 Å². The van der Waals surface area contributed by atoms with Crippen molar-refractivity contribution in [3.8, 4) is 5.75 Å². The number of hydrogen-bond acceptors (Lipinski definition) is 1. The number of benzene rings is 3. The number of nitrogens with zero attached hydrogens (tertiary/aromatic N) is 1. The van der Waals surface area contributed by atoms with Gasteiger partial charge in [-0.25, -0.2) is 0 Å². The van der Waals surface area contributed by atoms with Crippen LogP contribution in [0.2, 0.25) is 0 Å². The Kier molecular flexibility index (Phi) is 31.9. The summed E-state index contributed by atoms with van der Waals surface area (Å²) >= 11 is 0. The fraction of sp³-hybridized carbons (Fsp3) is 0. The minimum atomic E-state index is 0. The first-order valence-electron chi connectivity index (χ1n) is 6.40. The molecule has 0 saturated carbocycles. The molecule has 0 bridgehead atoms. The second-order valence-corrected chi connectivity index (χ2v) is 4.12. The topological polar surface area (TPSA) is 34.3 Å². The van der Waals surface area contributed by atoms with Gasteiger partial charge in [-0.1, -0.05) is 78.9 Å². The Morgan fingerprint density at radius 3 is 1.04 bits per heavy atom. The average Bonchev–Trinajstić information content (AvgIpc) is 2.51. The third-order valence-corrected chi connectivity index (χ3v) is 2.53. The van der Waals surface area contributed by atoms with Gasteiger partial charge in [0.2, 0.25) is 0 Å². The number of para-hydroxylation sites is 3. The first kappa shape index (κ1) is 36.5. The van der Waals surface area contributed by atoms with E-state index in [2.05, 4.69) is 5.32 Å². The molecule has 0 aliphatic rings. The van der Waals surface area contributed by atoms with Crippen molar-refractivity contribution in [2.45, 2.75) is 0 Å². The number of hydrogen-bond donors (Lipinski definition) is 1. The van der Waals surface area contributed by atoms with Gasteiger partial charge < -0.3 is 10.4 Å². The number of rotatable bonds is 2. The summed E-state index contributed by atoms with van der Waals surface area (Å²) in [6.45, 7) is 0. The molecule has 3 aromatic carbocycles. The summed E-state index contributed by atoms with van der Waals surface area (Å²) in [5, 5.41) is 13.1. The van der Waals surface area contributed by atoms with Crippen molar-refractivity contribution in [3.63, 3.8) is 0 Å². The molecule has 3 rings (SSSR count). The van der Waals surface area contributed by atoms with Crippen LogP contribution in [0.1, 0.15) is 0 Å². The summed E-state index contributed by atoms with van der Waals surface area (Å²) in [4.78, 5) is 0. The van der Waals surface area contributed by atoms with Gasteiger partial charge in [0.05, 0.1) is 0 Å². The zero-order chi connectivity index (χ0) is 14.0. The molecule has 2 nitrogen and oxygen atoms in total. The van der Waals surface area contributed by atoms with Gasteiger partial charge in [0.15, 0.2) is 0 Å². The molecule has 0 saturated heterocycles. The molecule has 0 aliphatic heterocycles. The van der Waals surface area contributed by atoms with E-state index in [1.807, 2.05) is 66.7 Å². The fourth-order valence-corrected chi connectivity index (χ4v) is 1.58. The molecule has 0 aromatic heterocycles. The molecule has 26 heavy (non-hydrogen) atoms. The van der Waals surface area contributed by atoms with E-state index in [4.69, 9.17) is 5.11 Å². The zero-order valence-corrected chi connectivity index (χ0v) is 22.0. The Hall–Kier alpha value is -0.362. The minimum Gasteiger partial charge on any atom is -0.658 e. The van der Waals surface area contributed by atoms with Gasteiger partial charge in [0.1, 0.15) is 5.75 Å². The standard InChI is InChI=1S/C12H10N.C6H6O.3B.Hf.H3P.Zr/c1-3-7-11(8-4-1)13-12-9-5-2-6-10-12;7-6-4-2-1-3-5-6;;;;;;/h1-10H;1-5,7H;;;;;1H3;/q-1;;;;;;;. The van der Waals surface area contributed by atoms with Crippen LogP contribution in [0.5, 0.6) is 5.75 Å². The second kappa shape index (κ2) is 22.7. The monoisotopic (exact) mass is 599 g/mol. The molecule has 0 spiro atoms. The summed E-state index contributed by atoms with van der Waals surface area (Å²) < 4.78 is 0. The third kappa shape index (κ3) is 15.9. The van der Waals surface area contributed by atoms with E-state index < -0.39 is 0 Å². The molecule has 0 fully saturated rings. The molecule has 0 amide bonds. The number of phenols is 1. The average molecular weight is 598 g/mol. The molecule has 1 unspecified atom stereocenters. The van der Waals surface area contributed by atoms with Gasteiger partial charge in [-0.05, 0) is 12.1 Å². The number of aromatic hydroxyl groups is 1. The maximum atomic E-state index is 8.63. The smallest absolute Gasteiger partial charge is 0.115 e. The van der Waals surface area contributed by atoms with E-state index in [0.29, 0.717) is 5.75 Å². The maximum Gasteiger partial charge on any atom is 0.115 e. The van der Waals surface area contributed by atoms with Crippen molar-refractivity contribution in [1.29, 1.82) is 0 Å². The Bertz CT molecular complexity index is 588. The largest absolute Gasteiger partial charge is 0.658 e. The molecular formula is C18H19B3HfNOPZr-. The van der Waals surface area contributed by atoms with Gasteiger partial charge in [-0.15, -0.1) is 11.4 Å². The normalized spacial score (nSPS) is 7.08. The fourth-order valence-electron chi connectivity index (χ4n) is 1.58. The van der Waals surface area contributed by atoms with Crippen LogP contribution in [-0.4, -0.2) is 30.3 Å². The van der Waals surface area contributed by atoms with E-state index in [-0.39, 0.29) is 87.2 Å². The summed E-state index contributed by atoms with van der Waals surface area (Å²) in [7, 11) is 0. The van der Waals surface area contributed by atoms with Gasteiger partial charge in [-0.2, -0.15) is 9.90 Å². The van der Waals surface area contributed by atoms with E-state index >= 15 is 0 Å². The van der Waals surface area contributed by atoms with Crippen LogP contribution in [0.3, 0.4) is 0 Å². The molecule has 9 radical (unpaired) electrons. The molecule has 0 heterocycles. The Morgan fingerprint density at radius 2 is 0.808 bits per heavy atom. The van der Waals surface area contributed by atoms with Crippen LogP contribution < -0.4 is 0 Å². The van der Waals surface area contributed by atoms with E-state index in [1.165, 1.54) is 0 Å². The van der Waals surface area contributed by atoms with Crippen LogP contribution in [-0.2, 0) is 52.0 Å². The van der Waals surface area contributed by atoms with Crippen molar-refractivity contribution >= 4 is 46.5 Å². The summed E-state index contributed by atoms with van der Waals surface area (Å²) in [6, 6.07) is 28.6. The van der Waals surface area contributed by atoms with E-state index in [9.17, 15) is 0 Å². The van der Waals surface area contributed by atoms with Crippen LogP contribution in [0.25, 0.3) is 5.32 Å². The summed E-state index contributed by atoms with van der Waals surface area (Å²) in [5.41, 5.74) is 1.99. The van der Waals surface area contributed by atoms with Crippen molar-refractivity contribution in [2.75, 3.05) is 0 Å². The quantitative estimate of drug-likeness (QED) is 0.346. The Morgan fingerprint density at radius 1 is 0.538 bits per heavy atom. The van der Waals surface area contributed by atoms with Gasteiger partial charge in [0.25, 0.3) is 0 Å². The first-order chi connectivity index (χ1) is 9.84. The minimum absolute atomic E-state index is 0. The molecule has 3 aromatic rings. The van der Waals surface area contributed by atoms with Crippen molar-refractivity contribution < 1.29 is 57.2 Å². The third-order valence-electron chi connectivity index (χ3n) is 2.53. The van der Waals surface area contributed by atoms with Gasteiger partial charge in [-0.3, -0.25) is 0 Å². The van der Waals surface area contributed by atoms with Gasteiger partial charge >= 0.3 is 0 Å². The molecule has 1 atom stereocenters. The van der Waals surface area contributed by atoms with Gasteiger partial charge in [0, 0.05) is 77.3 Å². The van der Waals surface area contributed by atoms with Crippen molar-refractivity contribution in [1.82, 2.24) is 0 Å². The molecule has 1 N–H and O–H groups in total. The van der Waals surface area contributed by atoms with Crippen LogP contribution >= 0.6 is 9.90 Å². The predicted molar refractivity (Wildman–Crippen MR) is 112 cm³/mol. The predicted octanol–water partition coefficient (Wildman–Crippen LogP) is 4.33. The van der Waals surface area contributed by atoms with E-state index in [1.54, 1.807) is 24.3 Å². The first-order valence-corrected chi connectivity index (χ1v) is 6.40. The Balaban J connectivity index is -0.000000101. The summed E-state index contributed by atoms with van der Waals surface area (Å²) in [5.74, 6) is 0.322.